The van der Waals surface area contributed by atoms with Crippen LogP contribution in [0, 0.1) is 6.92 Å². The first-order valence-electron chi connectivity index (χ1n) is 8.31. The van der Waals surface area contributed by atoms with Gasteiger partial charge in [-0.25, -0.2) is 0 Å². The van der Waals surface area contributed by atoms with E-state index in [1.54, 1.807) is 0 Å². The summed E-state index contributed by atoms with van der Waals surface area (Å²) in [5, 5.41) is 0. The molecule has 0 aliphatic heterocycles. The molecule has 0 aromatic heterocycles. The fourth-order valence-corrected chi connectivity index (χ4v) is 1.89. The lowest BCUT2D eigenvalue weighted by molar-refractivity contribution is 0.651. The fraction of sp³-hybridized carbons (Fsp3) is 0.550. The van der Waals surface area contributed by atoms with Crippen molar-refractivity contribution in [2.45, 2.75) is 71.1 Å². The lowest BCUT2D eigenvalue weighted by Crippen LogP contribution is -1.75. The summed E-state index contributed by atoms with van der Waals surface area (Å²) in [5.41, 5.74) is 0. The summed E-state index contributed by atoms with van der Waals surface area (Å²) in [6.45, 7) is 6.03. The van der Waals surface area contributed by atoms with Gasteiger partial charge in [0.2, 0.25) is 0 Å². The molecule has 113 valence electrons. The van der Waals surface area contributed by atoms with E-state index in [4.69, 9.17) is 0 Å². The fourth-order valence-electron chi connectivity index (χ4n) is 1.89. The summed E-state index contributed by atoms with van der Waals surface area (Å²) in [5.74, 6) is 0. The molecule has 0 atom stereocenters. The van der Waals surface area contributed by atoms with Crippen molar-refractivity contribution >= 4 is 0 Å². The Kier molecular flexibility index (Phi) is 17.0. The van der Waals surface area contributed by atoms with E-state index in [1.807, 2.05) is 0 Å². The molecule has 20 heavy (non-hydrogen) atoms. The smallest absolute Gasteiger partial charge is 0.0169 e. The van der Waals surface area contributed by atoms with Crippen molar-refractivity contribution in [3.63, 3.8) is 0 Å². The van der Waals surface area contributed by atoms with Crippen LogP contribution >= 0.6 is 0 Å². The summed E-state index contributed by atoms with van der Waals surface area (Å²) in [4.78, 5) is 0. The second kappa shape index (κ2) is 18.0. The van der Waals surface area contributed by atoms with Crippen LogP contribution in [0.4, 0.5) is 0 Å². The molecule has 0 spiro atoms. The number of rotatable bonds is 13. The van der Waals surface area contributed by atoms with Gasteiger partial charge in [0, 0.05) is 0 Å². The first-order valence-corrected chi connectivity index (χ1v) is 8.31. The molecule has 0 aliphatic carbocycles. The molecular weight excluding hydrogens is 240 g/mol. The highest BCUT2D eigenvalue weighted by Gasteiger charge is 1.85. The number of hydrogen-bond donors (Lipinski definition) is 0. The van der Waals surface area contributed by atoms with E-state index in [-0.39, 0.29) is 0 Å². The molecule has 0 N–H and O–H groups in total. The van der Waals surface area contributed by atoms with E-state index in [0.29, 0.717) is 0 Å². The molecule has 0 aromatic rings. The molecule has 1 radical (unpaired) electrons. The Balaban J connectivity index is 3.32. The van der Waals surface area contributed by atoms with Gasteiger partial charge in [0.1, 0.15) is 0 Å². The zero-order valence-electron chi connectivity index (χ0n) is 13.4. The topological polar surface area (TPSA) is 0 Å². The van der Waals surface area contributed by atoms with Crippen molar-refractivity contribution in [2.24, 2.45) is 0 Å². The summed E-state index contributed by atoms with van der Waals surface area (Å²) in [6.07, 6.45) is 30.0. The number of allylic oxidation sites excluding steroid dienone is 8. The van der Waals surface area contributed by atoms with Crippen LogP contribution < -0.4 is 0 Å². The normalized spacial score (nSPS) is 12.7. The van der Waals surface area contributed by atoms with Gasteiger partial charge < -0.3 is 0 Å². The van der Waals surface area contributed by atoms with E-state index >= 15 is 0 Å². The molecule has 0 unspecified atom stereocenters. The van der Waals surface area contributed by atoms with Crippen molar-refractivity contribution in [2.75, 3.05) is 0 Å². The van der Waals surface area contributed by atoms with Crippen LogP contribution in [-0.2, 0) is 0 Å². The van der Waals surface area contributed by atoms with Gasteiger partial charge in [-0.05, 0) is 38.5 Å². The Morgan fingerprint density at radius 1 is 0.600 bits per heavy atom. The second-order valence-corrected chi connectivity index (χ2v) is 5.06. The minimum absolute atomic E-state index is 1.05. The maximum Gasteiger partial charge on any atom is -0.0169 e. The van der Waals surface area contributed by atoms with Gasteiger partial charge in [-0.2, -0.15) is 0 Å². The molecule has 0 heteroatoms. The van der Waals surface area contributed by atoms with Gasteiger partial charge in [-0.15, -0.1) is 0 Å². The third-order valence-corrected chi connectivity index (χ3v) is 3.09. The van der Waals surface area contributed by atoms with Crippen molar-refractivity contribution in [1.29, 1.82) is 0 Å². The monoisotopic (exact) mass is 273 g/mol. The lowest BCUT2D eigenvalue weighted by atomic mass is 10.1. The quantitative estimate of drug-likeness (QED) is 0.251. The zero-order valence-corrected chi connectivity index (χ0v) is 13.4. The van der Waals surface area contributed by atoms with Gasteiger partial charge >= 0.3 is 0 Å². The summed E-state index contributed by atoms with van der Waals surface area (Å²) in [7, 11) is 0. The maximum atomic E-state index is 3.86. The van der Waals surface area contributed by atoms with E-state index in [1.165, 1.54) is 32.1 Å². The van der Waals surface area contributed by atoms with E-state index < -0.39 is 0 Å². The van der Waals surface area contributed by atoms with Gasteiger partial charge in [-0.3, -0.25) is 0 Å². The zero-order chi connectivity index (χ0) is 14.7. The van der Waals surface area contributed by atoms with Crippen molar-refractivity contribution in [1.82, 2.24) is 0 Å². The van der Waals surface area contributed by atoms with Gasteiger partial charge in [-0.1, -0.05) is 88.1 Å². The molecule has 0 fully saturated rings. The average Bonchev–Trinajstić information content (AvgIpc) is 2.47. The molecule has 0 aromatic carbocycles. The molecule has 0 aliphatic rings. The SMILES string of the molecule is [CH2]CCCCCC/C=C\CC=CCC=CCC=CCC. The van der Waals surface area contributed by atoms with Crippen LogP contribution in [0.5, 0.6) is 0 Å². The highest BCUT2D eigenvalue weighted by Crippen LogP contribution is 2.05. The standard InChI is InChI=1S/C20H33/c1-3-5-7-9-11-13-15-17-19-20-18-16-14-12-10-8-6-4-2/h6,8,12,14-15,17-18,20H,1,3-5,7,9-11,13,16,19H2,2H3/b8-6?,14-12?,17-15-,20-18?. The maximum absolute atomic E-state index is 3.86. The van der Waals surface area contributed by atoms with Crippen LogP contribution in [0.1, 0.15) is 71.1 Å². The molecular formula is C20H33. The van der Waals surface area contributed by atoms with Gasteiger partial charge in [0.25, 0.3) is 0 Å². The number of hydrogen-bond acceptors (Lipinski definition) is 0. The highest BCUT2D eigenvalue weighted by atomic mass is 13.9. The summed E-state index contributed by atoms with van der Waals surface area (Å²) < 4.78 is 0. The third-order valence-electron chi connectivity index (χ3n) is 3.09. The molecule has 0 saturated heterocycles. The van der Waals surface area contributed by atoms with Gasteiger partial charge in [0.15, 0.2) is 0 Å². The molecule has 0 amide bonds. The first-order chi connectivity index (χ1) is 9.91. The van der Waals surface area contributed by atoms with E-state index in [9.17, 15) is 0 Å². The largest absolute Gasteiger partial charge is 0.0885 e. The first kappa shape index (κ1) is 19.0. The predicted molar refractivity (Wildman–Crippen MR) is 93.8 cm³/mol. The van der Waals surface area contributed by atoms with Gasteiger partial charge in [0.05, 0.1) is 0 Å². The Hall–Kier alpha value is -1.04. The van der Waals surface area contributed by atoms with E-state index in [2.05, 4.69) is 62.5 Å². The highest BCUT2D eigenvalue weighted by molar-refractivity contribution is 4.99. The Morgan fingerprint density at radius 2 is 1.10 bits per heavy atom. The minimum Gasteiger partial charge on any atom is -0.0885 e. The van der Waals surface area contributed by atoms with Crippen molar-refractivity contribution < 1.29 is 0 Å². The molecule has 0 bridgehead atoms. The van der Waals surface area contributed by atoms with Crippen LogP contribution in [0.2, 0.25) is 0 Å². The van der Waals surface area contributed by atoms with Crippen LogP contribution in [0.25, 0.3) is 0 Å². The molecule has 0 heterocycles. The molecule has 0 rings (SSSR count). The second-order valence-electron chi connectivity index (χ2n) is 5.06. The Labute approximate surface area is 127 Å². The third kappa shape index (κ3) is 17.0. The summed E-state index contributed by atoms with van der Waals surface area (Å²) in [6, 6.07) is 0. The molecule has 0 saturated carbocycles. The number of unbranched alkanes of at least 4 members (excludes halogenated alkanes) is 5. The van der Waals surface area contributed by atoms with Crippen LogP contribution in [0.15, 0.2) is 48.6 Å². The molecule has 0 nitrogen and oxygen atoms in total. The Bertz CT molecular complexity index is 278. The summed E-state index contributed by atoms with van der Waals surface area (Å²) >= 11 is 0. The minimum atomic E-state index is 1.05. The van der Waals surface area contributed by atoms with Crippen LogP contribution in [-0.4, -0.2) is 0 Å². The lowest BCUT2D eigenvalue weighted by Gasteiger charge is -1.95. The van der Waals surface area contributed by atoms with Crippen molar-refractivity contribution in [3.05, 3.63) is 55.5 Å². The average molecular weight is 273 g/mol. The van der Waals surface area contributed by atoms with E-state index in [0.717, 1.165) is 32.1 Å². The Morgan fingerprint density at radius 3 is 1.65 bits per heavy atom. The van der Waals surface area contributed by atoms with Crippen molar-refractivity contribution in [3.8, 4) is 0 Å². The van der Waals surface area contributed by atoms with Crippen LogP contribution in [0.3, 0.4) is 0 Å². The predicted octanol–water partition coefficient (Wildman–Crippen LogP) is 6.97.